The number of fused-ring (bicyclic) bond motifs is 9. The van der Waals surface area contributed by atoms with Crippen LogP contribution in [0.2, 0.25) is 0 Å². The monoisotopic (exact) mass is 676 g/mol. The lowest BCUT2D eigenvalue weighted by Gasteiger charge is -2.60. The van der Waals surface area contributed by atoms with Gasteiger partial charge in [-0.05, 0) is 69.0 Å². The van der Waals surface area contributed by atoms with Crippen molar-refractivity contribution in [3.05, 3.63) is 99.6 Å². The van der Waals surface area contributed by atoms with E-state index >= 15 is 0 Å². The molecule has 11 nitrogen and oxygen atoms in total. The molecule has 4 heterocycles. The largest absolute Gasteiger partial charge is 0.514 e. The van der Waals surface area contributed by atoms with Crippen molar-refractivity contribution in [2.24, 2.45) is 0 Å². The Hall–Kier alpha value is -5.31. The van der Waals surface area contributed by atoms with Crippen LogP contribution in [0, 0.1) is 32.1 Å². The Labute approximate surface area is 291 Å². The number of hydrogen-bond acceptors (Lipinski definition) is 10. The summed E-state index contributed by atoms with van der Waals surface area (Å²) < 4.78 is 23.2. The number of carbonyl (C=O) groups is 2. The van der Waals surface area contributed by atoms with E-state index in [1.165, 1.54) is 12.2 Å². The maximum absolute atomic E-state index is 13.3. The number of aryl methyl sites for hydroxylation is 1. The van der Waals surface area contributed by atoms with Crippen LogP contribution >= 0.6 is 0 Å². The third kappa shape index (κ3) is 5.45. The Morgan fingerprint density at radius 1 is 1.10 bits per heavy atom. The molecule has 3 aromatic rings. The Balaban J connectivity index is 1.38. The zero-order valence-electron chi connectivity index (χ0n) is 28.6. The molecule has 11 heteroatoms. The van der Waals surface area contributed by atoms with Crippen LogP contribution in [0.25, 0.3) is 6.08 Å². The van der Waals surface area contributed by atoms with E-state index < -0.39 is 18.2 Å². The average molecular weight is 677 g/mol. The van der Waals surface area contributed by atoms with E-state index in [2.05, 4.69) is 33.8 Å². The van der Waals surface area contributed by atoms with Crippen LogP contribution in [0.3, 0.4) is 0 Å². The van der Waals surface area contributed by atoms with Gasteiger partial charge in [0, 0.05) is 47.0 Å². The summed E-state index contributed by atoms with van der Waals surface area (Å²) in [7, 11) is 2.00. The summed E-state index contributed by atoms with van der Waals surface area (Å²) in [6.07, 6.45) is 4.71. The number of phenolic OH excluding ortho intramolecular Hbond substituents is 1. The molecule has 0 saturated carbocycles. The number of aromatic hydroxyl groups is 1. The number of rotatable bonds is 7. The molecule has 50 heavy (non-hydrogen) atoms. The Morgan fingerprint density at radius 2 is 1.86 bits per heavy atom. The Kier molecular flexibility index (Phi) is 8.76. The second-order valence-electron chi connectivity index (χ2n) is 13.3. The fourth-order valence-corrected chi connectivity index (χ4v) is 8.26. The van der Waals surface area contributed by atoms with Crippen LogP contribution in [0.1, 0.15) is 56.6 Å². The van der Waals surface area contributed by atoms with Crippen molar-refractivity contribution in [1.29, 1.82) is 5.26 Å². The van der Waals surface area contributed by atoms with Crippen LogP contribution in [0.15, 0.2) is 55.1 Å². The number of ether oxygens (including phenoxy) is 4. The lowest BCUT2D eigenvalue weighted by Crippen LogP contribution is -2.68. The molecule has 1 fully saturated rings. The first-order chi connectivity index (χ1) is 24.1. The number of hydrogen-bond donors (Lipinski definition) is 2. The molecule has 2 bridgehead atoms. The maximum atomic E-state index is 13.3. The van der Waals surface area contributed by atoms with Gasteiger partial charge in [-0.2, -0.15) is 5.26 Å². The average Bonchev–Trinajstić information content (AvgIpc) is 3.61. The van der Waals surface area contributed by atoms with Gasteiger partial charge in [-0.15, -0.1) is 0 Å². The standard InChI is InChI=1S/C39H40N4O7/c1-6-14-47-39(46)50-36-23(4)37-38(49-20-48-37)33-26(36)17-28-34-32-25(15-21(2)22(3)35(32)45)16-27(42(34)5)29(18-40)43(28)30(33)19-41-31(44)13-12-24-10-8-7-9-11-24/h6-13,15,27-30,34,45H,1,14,16-17,19-20H2,2-5H3,(H,41,44)/b13-12+/t27-,28?,29+,30+,34+/m1/s1. The molecule has 7 rings (SSSR count). The number of carbonyl (C=O) groups excluding carboxylic acids is 2. The summed E-state index contributed by atoms with van der Waals surface area (Å²) in [5.74, 6) is 1.17. The fourth-order valence-electron chi connectivity index (χ4n) is 8.26. The van der Waals surface area contributed by atoms with Gasteiger partial charge in [0.15, 0.2) is 11.5 Å². The van der Waals surface area contributed by atoms with Gasteiger partial charge in [-0.1, -0.05) is 49.1 Å². The van der Waals surface area contributed by atoms with E-state index in [0.29, 0.717) is 41.0 Å². The van der Waals surface area contributed by atoms with E-state index in [0.717, 1.165) is 27.8 Å². The first kappa shape index (κ1) is 33.2. The molecule has 1 saturated heterocycles. The van der Waals surface area contributed by atoms with E-state index in [-0.39, 0.29) is 55.5 Å². The zero-order chi connectivity index (χ0) is 35.3. The van der Waals surface area contributed by atoms with Crippen LogP contribution in [-0.4, -0.2) is 72.1 Å². The summed E-state index contributed by atoms with van der Waals surface area (Å²) in [4.78, 5) is 30.7. The minimum absolute atomic E-state index is 0.0287. The topological polar surface area (TPSA) is 134 Å². The van der Waals surface area contributed by atoms with Crippen molar-refractivity contribution >= 4 is 18.1 Å². The van der Waals surface area contributed by atoms with Crippen molar-refractivity contribution < 1.29 is 33.6 Å². The van der Waals surface area contributed by atoms with E-state index in [4.69, 9.17) is 18.9 Å². The lowest BCUT2D eigenvalue weighted by atomic mass is 9.71. The molecule has 0 radical (unpaired) electrons. The van der Waals surface area contributed by atoms with Crippen molar-refractivity contribution in [3.63, 3.8) is 0 Å². The van der Waals surface area contributed by atoms with Gasteiger partial charge < -0.3 is 29.4 Å². The molecule has 0 aliphatic carbocycles. The first-order valence-corrected chi connectivity index (χ1v) is 16.8. The molecule has 4 aliphatic rings. The molecule has 0 spiro atoms. The summed E-state index contributed by atoms with van der Waals surface area (Å²) in [6.45, 7) is 9.37. The number of nitrogens with one attached hydrogen (secondary N) is 1. The highest BCUT2D eigenvalue weighted by molar-refractivity contribution is 5.91. The second kappa shape index (κ2) is 13.2. The predicted molar refractivity (Wildman–Crippen MR) is 185 cm³/mol. The number of piperazine rings is 1. The van der Waals surface area contributed by atoms with Crippen LogP contribution in [-0.2, 0) is 22.4 Å². The number of nitriles is 1. The number of benzene rings is 3. The van der Waals surface area contributed by atoms with Gasteiger partial charge >= 0.3 is 6.16 Å². The van der Waals surface area contributed by atoms with Gasteiger partial charge in [0.05, 0.1) is 18.2 Å². The molecule has 3 aromatic carbocycles. The van der Waals surface area contributed by atoms with Crippen molar-refractivity contribution in [2.75, 3.05) is 27.0 Å². The molecule has 0 aromatic heterocycles. The van der Waals surface area contributed by atoms with Crippen LogP contribution < -0.4 is 19.5 Å². The van der Waals surface area contributed by atoms with Crippen molar-refractivity contribution in [2.45, 2.75) is 63.8 Å². The van der Waals surface area contributed by atoms with Gasteiger partial charge in [-0.3, -0.25) is 14.6 Å². The Morgan fingerprint density at radius 3 is 2.60 bits per heavy atom. The molecule has 2 N–H and O–H groups in total. The summed E-state index contributed by atoms with van der Waals surface area (Å²) in [5.41, 5.74) is 6.49. The highest BCUT2D eigenvalue weighted by Crippen LogP contribution is 2.57. The van der Waals surface area contributed by atoms with Gasteiger partial charge in [0.25, 0.3) is 0 Å². The molecule has 5 atom stereocenters. The highest BCUT2D eigenvalue weighted by Gasteiger charge is 2.56. The van der Waals surface area contributed by atoms with E-state index in [1.54, 1.807) is 13.0 Å². The first-order valence-electron chi connectivity index (χ1n) is 16.8. The minimum atomic E-state index is -0.894. The molecular weight excluding hydrogens is 636 g/mol. The molecule has 1 unspecified atom stereocenters. The quantitative estimate of drug-likeness (QED) is 0.146. The minimum Gasteiger partial charge on any atom is -0.507 e. The smallest absolute Gasteiger partial charge is 0.507 e. The summed E-state index contributed by atoms with van der Waals surface area (Å²) in [6, 6.07) is 12.2. The maximum Gasteiger partial charge on any atom is 0.514 e. The molecule has 1 amide bonds. The summed E-state index contributed by atoms with van der Waals surface area (Å²) in [5, 5.41) is 25.7. The zero-order valence-corrected chi connectivity index (χ0v) is 28.6. The Bertz CT molecular complexity index is 1950. The predicted octanol–water partition coefficient (Wildman–Crippen LogP) is 5.35. The molecular formula is C39H40N4O7. The van der Waals surface area contributed by atoms with Gasteiger partial charge in [0.2, 0.25) is 12.7 Å². The van der Waals surface area contributed by atoms with E-state index in [9.17, 15) is 20.0 Å². The molecule has 258 valence electrons. The van der Waals surface area contributed by atoms with Crippen molar-refractivity contribution in [1.82, 2.24) is 15.1 Å². The van der Waals surface area contributed by atoms with E-state index in [1.807, 2.05) is 51.2 Å². The summed E-state index contributed by atoms with van der Waals surface area (Å²) >= 11 is 0. The SMILES string of the molecule is C=CCOC(=O)Oc1c(C)c2c(c3c1CC1[C@H]4c5c(cc(C)c(C)c5O)C[C@H]([C@H](C#N)N1[C@H]3CNC(=O)/C=C/c1ccccc1)N4C)OCO2. The third-order valence-electron chi connectivity index (χ3n) is 10.6. The van der Waals surface area contributed by atoms with Gasteiger partial charge in [0.1, 0.15) is 24.1 Å². The molecule has 4 aliphatic heterocycles. The number of likely N-dealkylation sites (N-methyl/N-ethyl adjacent to an activating group) is 1. The van der Waals surface area contributed by atoms with Crippen LogP contribution in [0.4, 0.5) is 4.79 Å². The number of nitrogens with zero attached hydrogens (tertiary/aromatic N) is 3. The lowest BCUT2D eigenvalue weighted by molar-refractivity contribution is -0.117. The normalized spacial score (nSPS) is 23.3. The van der Waals surface area contributed by atoms with Crippen molar-refractivity contribution in [3.8, 4) is 29.1 Å². The van der Waals surface area contributed by atoms with Gasteiger partial charge in [-0.25, -0.2) is 4.79 Å². The third-order valence-corrected chi connectivity index (χ3v) is 10.6. The number of amides is 1. The highest BCUT2D eigenvalue weighted by atomic mass is 16.7. The van der Waals surface area contributed by atoms with Crippen LogP contribution in [0.5, 0.6) is 23.0 Å². The second-order valence-corrected chi connectivity index (χ2v) is 13.3. The fraction of sp³-hybridized carbons (Fsp3) is 0.359. The number of phenols is 1.